The Morgan fingerprint density at radius 2 is 2.00 bits per heavy atom. The highest BCUT2D eigenvalue weighted by molar-refractivity contribution is 9.10. The van der Waals surface area contributed by atoms with Gasteiger partial charge in [-0.2, -0.15) is 8.42 Å². The van der Waals surface area contributed by atoms with E-state index in [4.69, 9.17) is 0 Å². The van der Waals surface area contributed by atoms with Crippen LogP contribution in [0.25, 0.3) is 6.20 Å². The van der Waals surface area contributed by atoms with E-state index in [0.717, 1.165) is 15.3 Å². The van der Waals surface area contributed by atoms with E-state index in [-0.39, 0.29) is 6.04 Å². The molecule has 6 heteroatoms. The molecule has 1 heterocycles. The summed E-state index contributed by atoms with van der Waals surface area (Å²) in [4.78, 5) is 0. The summed E-state index contributed by atoms with van der Waals surface area (Å²) in [7, 11) is -3.58. The van der Waals surface area contributed by atoms with Gasteiger partial charge in [0.05, 0.1) is 5.36 Å². The van der Waals surface area contributed by atoms with Gasteiger partial charge in [-0.05, 0) is 38.5 Å². The van der Waals surface area contributed by atoms with Gasteiger partial charge in [0.1, 0.15) is 0 Å². The lowest BCUT2D eigenvalue weighted by Crippen LogP contribution is -2.42. The summed E-state index contributed by atoms with van der Waals surface area (Å²) < 4.78 is 29.9. The normalized spacial score (nSPS) is 17.4. The van der Waals surface area contributed by atoms with E-state index >= 15 is 0 Å². The summed E-state index contributed by atoms with van der Waals surface area (Å²) in [5, 5.41) is 1.35. The zero-order valence-corrected chi connectivity index (χ0v) is 12.2. The van der Waals surface area contributed by atoms with Gasteiger partial charge >= 0.3 is 10.2 Å². The minimum Gasteiger partial charge on any atom is -0.256 e. The maximum absolute atomic E-state index is 11.9. The highest BCUT2D eigenvalue weighted by Crippen LogP contribution is 2.13. The number of benzene rings is 1. The van der Waals surface area contributed by atoms with Crippen LogP contribution >= 0.6 is 15.9 Å². The van der Waals surface area contributed by atoms with E-state index in [2.05, 4.69) is 20.3 Å². The van der Waals surface area contributed by atoms with E-state index in [1.54, 1.807) is 6.20 Å². The molecule has 2 rings (SSSR count). The number of hydrogen-bond acceptors (Lipinski definition) is 2. The molecule has 0 aromatic heterocycles. The van der Waals surface area contributed by atoms with Gasteiger partial charge < -0.3 is 0 Å². The van der Waals surface area contributed by atoms with Crippen molar-refractivity contribution in [2.75, 3.05) is 0 Å². The molecule has 0 amide bonds. The Balaban J connectivity index is 2.85. The molecule has 0 saturated carbocycles. The molecular formula is C11H13BrN2O2S. The minimum atomic E-state index is -3.58. The van der Waals surface area contributed by atoms with Gasteiger partial charge in [0.15, 0.2) is 0 Å². The van der Waals surface area contributed by atoms with Crippen molar-refractivity contribution in [3.8, 4) is 0 Å². The van der Waals surface area contributed by atoms with Crippen LogP contribution < -0.4 is 10.6 Å². The predicted molar refractivity (Wildman–Crippen MR) is 70.0 cm³/mol. The SMILES string of the molecule is Cc1cc(Br)cc2c1=NS(=O)(=O)N(C(C)C)C=2. The molecule has 0 atom stereocenters. The number of aryl methyl sites for hydroxylation is 1. The fourth-order valence-electron chi connectivity index (χ4n) is 1.77. The zero-order chi connectivity index (χ0) is 12.8. The molecule has 1 aromatic carbocycles. The Morgan fingerprint density at radius 1 is 1.35 bits per heavy atom. The molecule has 0 bridgehead atoms. The van der Waals surface area contributed by atoms with Crippen molar-refractivity contribution in [3.05, 3.63) is 32.7 Å². The minimum absolute atomic E-state index is 0.142. The first kappa shape index (κ1) is 12.6. The van der Waals surface area contributed by atoms with Crippen LogP contribution in [0.5, 0.6) is 0 Å². The van der Waals surface area contributed by atoms with Crippen molar-refractivity contribution in [1.82, 2.24) is 4.31 Å². The molecule has 0 saturated heterocycles. The van der Waals surface area contributed by atoms with Gasteiger partial charge in [0.25, 0.3) is 0 Å². The van der Waals surface area contributed by atoms with Crippen LogP contribution in [0.3, 0.4) is 0 Å². The Bertz CT molecular complexity index is 680. The molecule has 4 nitrogen and oxygen atoms in total. The molecule has 1 aromatic rings. The first-order valence-electron chi connectivity index (χ1n) is 5.23. The lowest BCUT2D eigenvalue weighted by atomic mass is 10.2. The summed E-state index contributed by atoms with van der Waals surface area (Å²) in [6.07, 6.45) is 1.64. The van der Waals surface area contributed by atoms with Gasteiger partial charge in [0.2, 0.25) is 0 Å². The van der Waals surface area contributed by atoms with Crippen LogP contribution in [0.1, 0.15) is 19.4 Å². The molecule has 17 heavy (non-hydrogen) atoms. The zero-order valence-electron chi connectivity index (χ0n) is 9.81. The highest BCUT2D eigenvalue weighted by atomic mass is 79.9. The van der Waals surface area contributed by atoms with Crippen LogP contribution in [-0.2, 0) is 10.2 Å². The van der Waals surface area contributed by atoms with Gasteiger partial charge in [-0.3, -0.25) is 4.31 Å². The van der Waals surface area contributed by atoms with E-state index < -0.39 is 10.2 Å². The Morgan fingerprint density at radius 3 is 2.59 bits per heavy atom. The summed E-state index contributed by atoms with van der Waals surface area (Å²) >= 11 is 3.40. The number of fused-ring (bicyclic) bond motifs is 1. The summed E-state index contributed by atoms with van der Waals surface area (Å²) in [5.41, 5.74) is 0.845. The van der Waals surface area contributed by atoms with Crippen molar-refractivity contribution >= 4 is 32.3 Å². The van der Waals surface area contributed by atoms with E-state index in [0.29, 0.717) is 5.36 Å². The largest absolute Gasteiger partial charge is 0.345 e. The second-order valence-electron chi connectivity index (χ2n) is 4.28. The molecule has 1 aliphatic rings. The van der Waals surface area contributed by atoms with Crippen molar-refractivity contribution in [1.29, 1.82) is 0 Å². The topological polar surface area (TPSA) is 49.7 Å². The van der Waals surface area contributed by atoms with Crippen molar-refractivity contribution in [2.45, 2.75) is 26.8 Å². The van der Waals surface area contributed by atoms with E-state index in [9.17, 15) is 8.42 Å². The number of halogens is 1. The Hall–Kier alpha value is -0.880. The lowest BCUT2D eigenvalue weighted by molar-refractivity contribution is 0.463. The molecule has 0 aliphatic carbocycles. The third-order valence-electron chi connectivity index (χ3n) is 2.54. The molecule has 0 fully saturated rings. The molecule has 1 aliphatic heterocycles. The monoisotopic (exact) mass is 316 g/mol. The van der Waals surface area contributed by atoms with Crippen molar-refractivity contribution in [2.24, 2.45) is 4.40 Å². The van der Waals surface area contributed by atoms with E-state index in [1.165, 1.54) is 4.31 Å². The molecule has 0 radical (unpaired) electrons. The maximum atomic E-state index is 11.9. The second kappa shape index (κ2) is 4.10. The molecule has 92 valence electrons. The highest BCUT2D eigenvalue weighted by Gasteiger charge is 2.23. The average molecular weight is 317 g/mol. The van der Waals surface area contributed by atoms with Crippen LogP contribution in [0, 0.1) is 6.92 Å². The number of hydrogen-bond donors (Lipinski definition) is 0. The molecule has 0 N–H and O–H groups in total. The van der Waals surface area contributed by atoms with E-state index in [1.807, 2.05) is 32.9 Å². The van der Waals surface area contributed by atoms with Crippen molar-refractivity contribution < 1.29 is 8.42 Å². The standard InChI is InChI=1S/C11H13BrN2O2S/c1-7(2)14-6-9-5-10(12)4-8(3)11(9)13-17(14,15)16/h4-7H,1-3H3. The van der Waals surface area contributed by atoms with Crippen LogP contribution in [-0.4, -0.2) is 18.8 Å². The van der Waals surface area contributed by atoms with Gasteiger partial charge in [0, 0.05) is 21.9 Å². The quantitative estimate of drug-likeness (QED) is 0.778. The summed E-state index contributed by atoms with van der Waals surface area (Å²) in [5.74, 6) is 0. The summed E-state index contributed by atoms with van der Waals surface area (Å²) in [6, 6.07) is 3.59. The lowest BCUT2D eigenvalue weighted by Gasteiger charge is -2.23. The third kappa shape index (κ3) is 2.24. The third-order valence-corrected chi connectivity index (χ3v) is 4.47. The maximum Gasteiger partial charge on any atom is 0.345 e. The van der Waals surface area contributed by atoms with Gasteiger partial charge in [-0.1, -0.05) is 15.9 Å². The smallest absolute Gasteiger partial charge is 0.256 e. The number of rotatable bonds is 1. The fourth-order valence-corrected chi connectivity index (χ4v) is 3.71. The molecule has 0 spiro atoms. The summed E-state index contributed by atoms with van der Waals surface area (Å²) in [6.45, 7) is 5.49. The second-order valence-corrected chi connectivity index (χ2v) is 6.70. The van der Waals surface area contributed by atoms with Crippen LogP contribution in [0.15, 0.2) is 21.0 Å². The predicted octanol–water partition coefficient (Wildman–Crippen LogP) is 1.08. The average Bonchev–Trinajstić information content (AvgIpc) is 2.17. The van der Waals surface area contributed by atoms with Crippen LogP contribution in [0.2, 0.25) is 0 Å². The first-order chi connectivity index (χ1) is 7.81. The van der Waals surface area contributed by atoms with Gasteiger partial charge in [-0.25, -0.2) is 0 Å². The first-order valence-corrected chi connectivity index (χ1v) is 7.42. The van der Waals surface area contributed by atoms with Crippen LogP contribution in [0.4, 0.5) is 0 Å². The Labute approximate surface area is 109 Å². The fraction of sp³-hybridized carbons (Fsp3) is 0.364. The van der Waals surface area contributed by atoms with Gasteiger partial charge in [-0.15, -0.1) is 4.40 Å². The molecular weight excluding hydrogens is 304 g/mol. The molecule has 0 unspecified atom stereocenters. The number of nitrogens with zero attached hydrogens (tertiary/aromatic N) is 2. The van der Waals surface area contributed by atoms with Crippen molar-refractivity contribution in [3.63, 3.8) is 0 Å². The Kier molecular flexibility index (Phi) is 3.03.